The third kappa shape index (κ3) is 5.80. The van der Waals surface area contributed by atoms with Crippen LogP contribution in [0, 0.1) is 5.82 Å². The molecule has 188 valence electrons. The molecular weight excluding hydrogens is 465 g/mol. The molecular formula is C31H30FN3O2. The molecule has 0 unspecified atom stereocenters. The highest BCUT2D eigenvalue weighted by atomic mass is 19.1. The molecule has 37 heavy (non-hydrogen) atoms. The minimum absolute atomic E-state index is 0.0851. The number of nitrogens with one attached hydrogen (secondary N) is 1. The van der Waals surface area contributed by atoms with Gasteiger partial charge in [0.05, 0.1) is 23.1 Å². The summed E-state index contributed by atoms with van der Waals surface area (Å²) in [5, 5.41) is 5.09. The number of unbranched alkanes of at least 4 members (excludes halogenated alkanes) is 2. The van der Waals surface area contributed by atoms with Gasteiger partial charge in [0, 0.05) is 18.4 Å². The Kier molecular flexibility index (Phi) is 7.75. The summed E-state index contributed by atoms with van der Waals surface area (Å²) in [4.78, 5) is 17.0. The van der Waals surface area contributed by atoms with E-state index in [0.29, 0.717) is 19.7 Å². The second kappa shape index (κ2) is 11.7. The fourth-order valence-electron chi connectivity index (χ4n) is 4.66. The number of hydrogen-bond acceptors (Lipinski definition) is 3. The number of hydrogen-bond donors (Lipinski definition) is 1. The largest absolute Gasteiger partial charge is 0.491 e. The first-order valence-electron chi connectivity index (χ1n) is 12.8. The molecule has 0 bridgehead atoms. The maximum absolute atomic E-state index is 13.8. The van der Waals surface area contributed by atoms with Crippen molar-refractivity contribution in [3.8, 4) is 5.75 Å². The van der Waals surface area contributed by atoms with Crippen molar-refractivity contribution in [2.24, 2.45) is 0 Å². The predicted octanol–water partition coefficient (Wildman–Crippen LogP) is 6.55. The highest BCUT2D eigenvalue weighted by Gasteiger charge is 2.12. The molecule has 0 spiro atoms. The Hall–Kier alpha value is -4.19. The fourth-order valence-corrected chi connectivity index (χ4v) is 4.66. The van der Waals surface area contributed by atoms with Gasteiger partial charge in [0.2, 0.25) is 0 Å². The number of amides is 1. The molecule has 1 heterocycles. The monoisotopic (exact) mass is 495 g/mol. The first-order valence-corrected chi connectivity index (χ1v) is 12.8. The van der Waals surface area contributed by atoms with Crippen LogP contribution < -0.4 is 10.1 Å². The molecule has 1 N–H and O–H groups in total. The predicted molar refractivity (Wildman–Crippen MR) is 145 cm³/mol. The molecule has 6 heteroatoms. The van der Waals surface area contributed by atoms with Crippen LogP contribution in [0.15, 0.2) is 91.0 Å². The lowest BCUT2D eigenvalue weighted by Crippen LogP contribution is -2.25. The van der Waals surface area contributed by atoms with E-state index in [1.54, 1.807) is 12.1 Å². The number of benzene rings is 4. The van der Waals surface area contributed by atoms with E-state index < -0.39 is 5.82 Å². The van der Waals surface area contributed by atoms with E-state index >= 15 is 0 Å². The molecule has 0 aliphatic carbocycles. The lowest BCUT2D eigenvalue weighted by Gasteiger charge is -2.12. The van der Waals surface area contributed by atoms with Gasteiger partial charge in [-0.05, 0) is 48.6 Å². The van der Waals surface area contributed by atoms with Gasteiger partial charge in [0.1, 0.15) is 24.0 Å². The van der Waals surface area contributed by atoms with Crippen LogP contribution in [-0.2, 0) is 13.0 Å². The number of aryl methyl sites for hydroxylation is 1. The van der Waals surface area contributed by atoms with Gasteiger partial charge in [0.25, 0.3) is 5.91 Å². The minimum Gasteiger partial charge on any atom is -0.491 e. The van der Waals surface area contributed by atoms with Gasteiger partial charge in [-0.2, -0.15) is 0 Å². The maximum atomic E-state index is 13.8. The van der Waals surface area contributed by atoms with Crippen LogP contribution in [0.25, 0.3) is 21.8 Å². The Morgan fingerprint density at radius 3 is 2.57 bits per heavy atom. The Balaban J connectivity index is 1.16. The standard InChI is InChI=1S/C31H30FN3O2/c32-26-15-6-5-14-25(26)31(36)33-20-9-1-2-19-30-34-27-16-7-8-17-28(27)35(30)21-22-37-29-18-10-12-23-11-3-4-13-24(23)29/h3-8,10-18H,1-2,9,19-22H2,(H,33,36). The van der Waals surface area contributed by atoms with Gasteiger partial charge >= 0.3 is 0 Å². The van der Waals surface area contributed by atoms with Gasteiger partial charge in [-0.1, -0.05) is 67.1 Å². The number of carbonyl (C=O) groups is 1. The summed E-state index contributed by atoms with van der Waals surface area (Å²) in [7, 11) is 0. The zero-order chi connectivity index (χ0) is 25.5. The van der Waals surface area contributed by atoms with Crippen LogP contribution in [0.3, 0.4) is 0 Å². The van der Waals surface area contributed by atoms with Crippen molar-refractivity contribution >= 4 is 27.7 Å². The number of nitrogens with zero attached hydrogens (tertiary/aromatic N) is 2. The lowest BCUT2D eigenvalue weighted by molar-refractivity contribution is 0.0949. The summed E-state index contributed by atoms with van der Waals surface area (Å²) < 4.78 is 22.2. The summed E-state index contributed by atoms with van der Waals surface area (Å²) in [6, 6.07) is 28.6. The van der Waals surface area contributed by atoms with Crippen molar-refractivity contribution in [3.05, 3.63) is 108 Å². The van der Waals surface area contributed by atoms with Gasteiger partial charge in [-0.3, -0.25) is 4.79 Å². The molecule has 4 aromatic carbocycles. The van der Waals surface area contributed by atoms with Crippen LogP contribution in [0.1, 0.15) is 35.4 Å². The summed E-state index contributed by atoms with van der Waals surface area (Å²) in [5.74, 6) is 1.06. The van der Waals surface area contributed by atoms with E-state index in [9.17, 15) is 9.18 Å². The number of halogens is 1. The summed E-state index contributed by atoms with van der Waals surface area (Å²) in [6.45, 7) is 1.77. The van der Waals surface area contributed by atoms with Crippen molar-refractivity contribution in [1.29, 1.82) is 0 Å². The van der Waals surface area contributed by atoms with Crippen molar-refractivity contribution in [3.63, 3.8) is 0 Å². The normalized spacial score (nSPS) is 11.2. The van der Waals surface area contributed by atoms with E-state index in [1.165, 1.54) is 17.5 Å². The molecule has 1 aromatic heterocycles. The average molecular weight is 496 g/mol. The molecule has 5 rings (SSSR count). The third-order valence-corrected chi connectivity index (χ3v) is 6.54. The Morgan fingerprint density at radius 1 is 0.865 bits per heavy atom. The first-order chi connectivity index (χ1) is 18.2. The van der Waals surface area contributed by atoms with E-state index in [0.717, 1.165) is 53.7 Å². The average Bonchev–Trinajstić information content (AvgIpc) is 3.28. The first kappa shape index (κ1) is 24.5. The Labute approximate surface area is 215 Å². The number of imidazole rings is 1. The summed E-state index contributed by atoms with van der Waals surface area (Å²) >= 11 is 0. The number of fused-ring (bicyclic) bond motifs is 2. The minimum atomic E-state index is -0.497. The highest BCUT2D eigenvalue weighted by molar-refractivity contribution is 5.94. The smallest absolute Gasteiger partial charge is 0.254 e. The number of carbonyl (C=O) groups excluding carboxylic acids is 1. The van der Waals surface area contributed by atoms with Crippen molar-refractivity contribution in [2.45, 2.75) is 32.2 Å². The molecule has 5 nitrogen and oxygen atoms in total. The lowest BCUT2D eigenvalue weighted by atomic mass is 10.1. The van der Waals surface area contributed by atoms with E-state index in [4.69, 9.17) is 9.72 Å². The van der Waals surface area contributed by atoms with Crippen LogP contribution in [0.2, 0.25) is 0 Å². The van der Waals surface area contributed by atoms with Crippen molar-refractivity contribution in [1.82, 2.24) is 14.9 Å². The SMILES string of the molecule is O=C(NCCCCCc1nc2ccccc2n1CCOc1cccc2ccccc12)c1ccccc1F. The number of aromatic nitrogens is 2. The summed E-state index contributed by atoms with van der Waals surface area (Å²) in [6.07, 6.45) is 3.55. The maximum Gasteiger partial charge on any atom is 0.254 e. The Morgan fingerprint density at radius 2 is 1.65 bits per heavy atom. The van der Waals surface area contributed by atoms with Gasteiger partial charge < -0.3 is 14.6 Å². The van der Waals surface area contributed by atoms with Crippen LogP contribution >= 0.6 is 0 Å². The topological polar surface area (TPSA) is 56.2 Å². The molecule has 0 aliphatic heterocycles. The molecule has 0 radical (unpaired) electrons. The zero-order valence-corrected chi connectivity index (χ0v) is 20.7. The van der Waals surface area contributed by atoms with Crippen LogP contribution in [0.4, 0.5) is 4.39 Å². The fraction of sp³-hybridized carbons (Fsp3) is 0.226. The molecule has 0 aliphatic rings. The van der Waals surface area contributed by atoms with Gasteiger partial charge in [-0.25, -0.2) is 9.37 Å². The number of ether oxygens (including phenoxy) is 1. The Bertz CT molecular complexity index is 1510. The van der Waals surface area contributed by atoms with Crippen LogP contribution in [0.5, 0.6) is 5.75 Å². The van der Waals surface area contributed by atoms with E-state index in [1.807, 2.05) is 42.5 Å². The van der Waals surface area contributed by atoms with E-state index in [2.05, 4.69) is 34.1 Å². The van der Waals surface area contributed by atoms with Crippen LogP contribution in [-0.4, -0.2) is 28.6 Å². The number of para-hydroxylation sites is 2. The van der Waals surface area contributed by atoms with Gasteiger partial charge in [0.15, 0.2) is 0 Å². The molecule has 0 fully saturated rings. The quantitative estimate of drug-likeness (QED) is 0.211. The summed E-state index contributed by atoms with van der Waals surface area (Å²) in [5.41, 5.74) is 2.18. The van der Waals surface area contributed by atoms with E-state index in [-0.39, 0.29) is 11.5 Å². The van der Waals surface area contributed by atoms with Crippen molar-refractivity contribution < 1.29 is 13.9 Å². The molecule has 1 amide bonds. The number of rotatable bonds is 11. The third-order valence-electron chi connectivity index (χ3n) is 6.54. The molecule has 0 saturated heterocycles. The van der Waals surface area contributed by atoms with Gasteiger partial charge in [-0.15, -0.1) is 0 Å². The van der Waals surface area contributed by atoms with Crippen molar-refractivity contribution in [2.75, 3.05) is 13.2 Å². The molecule has 5 aromatic rings. The zero-order valence-electron chi connectivity index (χ0n) is 20.7. The second-order valence-electron chi connectivity index (χ2n) is 9.04. The molecule has 0 saturated carbocycles. The molecule has 0 atom stereocenters. The second-order valence-corrected chi connectivity index (χ2v) is 9.04. The highest BCUT2D eigenvalue weighted by Crippen LogP contribution is 2.25.